The minimum atomic E-state index is 0.471. The van der Waals surface area contributed by atoms with E-state index in [2.05, 4.69) is 40.1 Å². The highest BCUT2D eigenvalue weighted by atomic mass is 16.5. The van der Waals surface area contributed by atoms with Gasteiger partial charge in [-0.3, -0.25) is 9.08 Å². The molecule has 180 valence electrons. The molecule has 0 spiro atoms. The second kappa shape index (κ2) is 9.10. The van der Waals surface area contributed by atoms with Crippen molar-refractivity contribution in [2.75, 3.05) is 26.7 Å². The van der Waals surface area contributed by atoms with Crippen LogP contribution in [-0.2, 0) is 7.05 Å². The van der Waals surface area contributed by atoms with Crippen LogP contribution >= 0.6 is 0 Å². The second-order valence-electron chi connectivity index (χ2n) is 9.52. The molecule has 0 aliphatic carbocycles. The molecule has 5 aromatic rings. The fourth-order valence-corrected chi connectivity index (χ4v) is 5.15. The molecule has 1 aliphatic rings. The van der Waals surface area contributed by atoms with E-state index in [-0.39, 0.29) is 0 Å². The van der Waals surface area contributed by atoms with Crippen LogP contribution in [0, 0.1) is 12.5 Å². The summed E-state index contributed by atoms with van der Waals surface area (Å²) < 4.78 is 10.2. The largest absolute Gasteiger partial charge is 0.464 e. The topological polar surface area (TPSA) is 64.8 Å². The zero-order chi connectivity index (χ0) is 24.6. The van der Waals surface area contributed by atoms with Crippen LogP contribution in [0.2, 0.25) is 0 Å². The molecule has 0 bridgehead atoms. The summed E-state index contributed by atoms with van der Waals surface area (Å²) in [5.41, 5.74) is 6.06. The van der Waals surface area contributed by atoms with Gasteiger partial charge in [0.15, 0.2) is 11.3 Å². The lowest BCUT2D eigenvalue weighted by molar-refractivity contribution is 0.143. The number of likely N-dealkylation sites (tertiary alicyclic amines) is 1. The summed E-state index contributed by atoms with van der Waals surface area (Å²) >= 11 is 0. The average Bonchev–Trinajstić information content (AvgIpc) is 3.54. The maximum absolute atomic E-state index is 7.33. The first-order valence-corrected chi connectivity index (χ1v) is 12.2. The highest BCUT2D eigenvalue weighted by Gasteiger charge is 2.22. The Balaban J connectivity index is 1.49. The number of fused-ring (bicyclic) bond motifs is 2. The van der Waals surface area contributed by atoms with Crippen LogP contribution < -0.4 is 4.74 Å². The van der Waals surface area contributed by atoms with Crippen LogP contribution in [0.1, 0.15) is 12.8 Å². The lowest BCUT2D eigenvalue weighted by Gasteiger charge is -2.29. The van der Waals surface area contributed by atoms with E-state index >= 15 is 0 Å². The van der Waals surface area contributed by atoms with Gasteiger partial charge in [-0.1, -0.05) is 30.3 Å². The van der Waals surface area contributed by atoms with Crippen LogP contribution in [0.5, 0.6) is 6.01 Å². The Labute approximate surface area is 209 Å². The minimum absolute atomic E-state index is 0.471. The molecule has 2 aromatic carbocycles. The Bertz CT molecular complexity index is 1590. The summed E-state index contributed by atoms with van der Waals surface area (Å²) in [6.45, 7) is 10.1. The van der Waals surface area contributed by atoms with Crippen molar-refractivity contribution in [3.8, 4) is 28.4 Å². The molecule has 6 rings (SSSR count). The van der Waals surface area contributed by atoms with Gasteiger partial charge in [0, 0.05) is 37.3 Å². The number of ether oxygens (including phenoxy) is 1. The van der Waals surface area contributed by atoms with E-state index < -0.39 is 0 Å². The van der Waals surface area contributed by atoms with Crippen molar-refractivity contribution in [1.29, 1.82) is 0 Å². The minimum Gasteiger partial charge on any atom is -0.464 e. The fraction of sp³-hybridized carbons (Fsp3) is 0.286. The van der Waals surface area contributed by atoms with E-state index in [1.54, 1.807) is 6.20 Å². The fourth-order valence-electron chi connectivity index (χ4n) is 5.15. The van der Waals surface area contributed by atoms with Gasteiger partial charge in [0.2, 0.25) is 0 Å². The third kappa shape index (κ3) is 3.97. The highest BCUT2D eigenvalue weighted by Crippen LogP contribution is 2.37. The summed E-state index contributed by atoms with van der Waals surface area (Å²) in [7, 11) is 4.11. The zero-order valence-electron chi connectivity index (χ0n) is 20.4. The molecule has 0 amide bonds. The zero-order valence-corrected chi connectivity index (χ0v) is 20.4. The molecule has 0 saturated carbocycles. The molecule has 0 unspecified atom stereocenters. The number of benzene rings is 2. The number of hydrogen-bond acceptors (Lipinski definition) is 5. The standard InChI is InChI=1S/C28H27N7O/c1-29-23-9-6-20(7-10-23)26-25(21-8-11-24-22(15-21)16-31-34(24)3)27-30-12-14-35(27)28(32-26)36-18-19-5-4-13-33(2)17-19/h6-12,14-16,19H,4-5,13,17-18H2,2-3H3/t19-/m1/s1. The Kier molecular flexibility index (Phi) is 5.62. The second-order valence-corrected chi connectivity index (χ2v) is 9.52. The molecular weight excluding hydrogens is 450 g/mol. The lowest BCUT2D eigenvalue weighted by atomic mass is 9.98. The third-order valence-electron chi connectivity index (χ3n) is 6.99. The van der Waals surface area contributed by atoms with Crippen molar-refractivity contribution < 1.29 is 4.74 Å². The van der Waals surface area contributed by atoms with E-state index in [4.69, 9.17) is 21.3 Å². The lowest BCUT2D eigenvalue weighted by Crippen LogP contribution is -2.35. The summed E-state index contributed by atoms with van der Waals surface area (Å²) in [5, 5.41) is 5.45. The predicted octanol–water partition coefficient (Wildman–Crippen LogP) is 5.22. The molecular formula is C28H27N7O. The van der Waals surface area contributed by atoms with Gasteiger partial charge in [0.05, 0.1) is 36.1 Å². The van der Waals surface area contributed by atoms with Crippen molar-refractivity contribution in [3.05, 3.63) is 72.5 Å². The quantitative estimate of drug-likeness (QED) is 0.325. The van der Waals surface area contributed by atoms with E-state index in [9.17, 15) is 0 Å². The number of hydrogen-bond donors (Lipinski definition) is 0. The van der Waals surface area contributed by atoms with Gasteiger partial charge in [0.25, 0.3) is 0 Å². The first-order valence-electron chi connectivity index (χ1n) is 12.2. The Morgan fingerprint density at radius 2 is 1.94 bits per heavy atom. The SMILES string of the molecule is [C-]#[N+]c1ccc(-c2nc(OC[C@@H]3CCCN(C)C3)n3ccnc3c2-c2ccc3c(cnn3C)c2)cc1. The maximum atomic E-state index is 7.33. The predicted molar refractivity (Wildman–Crippen MR) is 140 cm³/mol. The van der Waals surface area contributed by atoms with Gasteiger partial charge in [-0.15, -0.1) is 0 Å². The van der Waals surface area contributed by atoms with Crippen molar-refractivity contribution in [2.24, 2.45) is 13.0 Å². The summed E-state index contributed by atoms with van der Waals surface area (Å²) in [4.78, 5) is 15.7. The van der Waals surface area contributed by atoms with Gasteiger partial charge in [-0.25, -0.2) is 9.83 Å². The Morgan fingerprint density at radius 3 is 2.75 bits per heavy atom. The van der Waals surface area contributed by atoms with E-state index in [0.717, 1.165) is 58.4 Å². The van der Waals surface area contributed by atoms with Gasteiger partial charge in [-0.2, -0.15) is 10.1 Å². The van der Waals surface area contributed by atoms with E-state index in [1.807, 2.05) is 52.8 Å². The van der Waals surface area contributed by atoms with Crippen LogP contribution in [0.4, 0.5) is 5.69 Å². The number of aryl methyl sites for hydroxylation is 1. The Morgan fingerprint density at radius 1 is 1.11 bits per heavy atom. The molecule has 0 radical (unpaired) electrons. The first kappa shape index (κ1) is 22.3. The molecule has 8 heteroatoms. The maximum Gasteiger partial charge on any atom is 0.302 e. The number of imidazole rings is 1. The van der Waals surface area contributed by atoms with Crippen molar-refractivity contribution in [3.63, 3.8) is 0 Å². The monoisotopic (exact) mass is 477 g/mol. The van der Waals surface area contributed by atoms with Crippen LogP contribution in [0.25, 0.3) is 43.8 Å². The molecule has 1 atom stereocenters. The van der Waals surface area contributed by atoms with Crippen molar-refractivity contribution in [1.82, 2.24) is 29.0 Å². The summed E-state index contributed by atoms with van der Waals surface area (Å²) in [6, 6.07) is 14.4. The van der Waals surface area contributed by atoms with Gasteiger partial charge in [0.1, 0.15) is 0 Å². The molecule has 1 fully saturated rings. The van der Waals surface area contributed by atoms with Crippen molar-refractivity contribution in [2.45, 2.75) is 12.8 Å². The summed E-state index contributed by atoms with van der Waals surface area (Å²) in [6.07, 6.45) is 7.91. The van der Waals surface area contributed by atoms with E-state index in [0.29, 0.717) is 24.2 Å². The molecule has 0 N–H and O–H groups in total. The van der Waals surface area contributed by atoms with Crippen LogP contribution in [0.3, 0.4) is 0 Å². The van der Waals surface area contributed by atoms with Crippen molar-refractivity contribution >= 4 is 22.2 Å². The van der Waals surface area contributed by atoms with Gasteiger partial charge < -0.3 is 9.64 Å². The smallest absolute Gasteiger partial charge is 0.302 e. The molecule has 8 nitrogen and oxygen atoms in total. The third-order valence-corrected chi connectivity index (χ3v) is 6.99. The van der Waals surface area contributed by atoms with Crippen LogP contribution in [0.15, 0.2) is 61.1 Å². The number of piperidine rings is 1. The number of aromatic nitrogens is 5. The molecule has 1 aliphatic heterocycles. The highest BCUT2D eigenvalue weighted by molar-refractivity contribution is 5.94. The molecule has 36 heavy (non-hydrogen) atoms. The number of nitrogens with zero attached hydrogens (tertiary/aromatic N) is 7. The normalized spacial score (nSPS) is 16.4. The van der Waals surface area contributed by atoms with E-state index in [1.165, 1.54) is 6.42 Å². The van der Waals surface area contributed by atoms with Crippen LogP contribution in [-0.4, -0.2) is 55.8 Å². The average molecular weight is 478 g/mol. The number of rotatable bonds is 5. The molecule has 3 aromatic heterocycles. The molecule has 4 heterocycles. The van der Waals surface area contributed by atoms with Gasteiger partial charge >= 0.3 is 6.01 Å². The Hall–Kier alpha value is -4.22. The first-order chi connectivity index (χ1) is 17.6. The molecule has 1 saturated heterocycles. The summed E-state index contributed by atoms with van der Waals surface area (Å²) in [5.74, 6) is 0.471. The van der Waals surface area contributed by atoms with Gasteiger partial charge in [-0.05, 0) is 49.7 Å².